The standard InChI is InChI=1S/C12H15Br2NO/c1-12(2,3)7-11(16)15-10-5-4-8(13)6-9(10)14/h4-6H,7H2,1-3H3,(H,15,16). The number of nitrogens with one attached hydrogen (secondary N) is 1. The summed E-state index contributed by atoms with van der Waals surface area (Å²) in [4.78, 5) is 11.7. The molecule has 1 N–H and O–H groups in total. The lowest BCUT2D eigenvalue weighted by Crippen LogP contribution is -2.19. The van der Waals surface area contributed by atoms with Gasteiger partial charge in [0.1, 0.15) is 0 Å². The third kappa shape index (κ3) is 4.66. The van der Waals surface area contributed by atoms with Crippen LogP contribution in [0.4, 0.5) is 5.69 Å². The molecule has 4 heteroatoms. The lowest BCUT2D eigenvalue weighted by molar-refractivity contribution is -0.117. The number of rotatable bonds is 2. The Balaban J connectivity index is 2.70. The number of anilines is 1. The van der Waals surface area contributed by atoms with Crippen LogP contribution in [0.2, 0.25) is 0 Å². The van der Waals surface area contributed by atoms with Gasteiger partial charge in [-0.15, -0.1) is 0 Å². The Morgan fingerprint density at radius 2 is 1.94 bits per heavy atom. The molecule has 1 rings (SSSR count). The number of hydrogen-bond donors (Lipinski definition) is 1. The fourth-order valence-electron chi connectivity index (χ4n) is 1.27. The molecular formula is C12H15Br2NO. The molecule has 1 aromatic carbocycles. The third-order valence-corrected chi connectivity index (χ3v) is 3.05. The quantitative estimate of drug-likeness (QED) is 0.832. The van der Waals surface area contributed by atoms with E-state index in [1.54, 1.807) is 0 Å². The van der Waals surface area contributed by atoms with Crippen LogP contribution in [0.15, 0.2) is 27.1 Å². The fraction of sp³-hybridized carbons (Fsp3) is 0.417. The van der Waals surface area contributed by atoms with Crippen LogP contribution >= 0.6 is 31.9 Å². The zero-order valence-electron chi connectivity index (χ0n) is 9.60. The van der Waals surface area contributed by atoms with Crippen LogP contribution in [-0.2, 0) is 4.79 Å². The SMILES string of the molecule is CC(C)(C)CC(=O)Nc1ccc(Br)cc1Br. The van der Waals surface area contributed by atoms with E-state index >= 15 is 0 Å². The molecule has 0 aliphatic heterocycles. The zero-order valence-corrected chi connectivity index (χ0v) is 12.8. The van der Waals surface area contributed by atoms with E-state index in [4.69, 9.17) is 0 Å². The van der Waals surface area contributed by atoms with Crippen molar-refractivity contribution < 1.29 is 4.79 Å². The average Bonchev–Trinajstić information content (AvgIpc) is 2.06. The van der Waals surface area contributed by atoms with E-state index in [-0.39, 0.29) is 11.3 Å². The zero-order chi connectivity index (χ0) is 12.3. The van der Waals surface area contributed by atoms with E-state index in [9.17, 15) is 4.79 Å². The summed E-state index contributed by atoms with van der Waals surface area (Å²) in [5, 5.41) is 2.89. The minimum absolute atomic E-state index is 0.00588. The number of carbonyl (C=O) groups is 1. The van der Waals surface area contributed by atoms with Crippen LogP contribution < -0.4 is 5.32 Å². The molecule has 0 fully saturated rings. The van der Waals surface area contributed by atoms with Crippen molar-refractivity contribution in [1.29, 1.82) is 0 Å². The summed E-state index contributed by atoms with van der Waals surface area (Å²) in [5.74, 6) is 0.0375. The number of carbonyl (C=O) groups excluding carboxylic acids is 1. The maximum atomic E-state index is 11.7. The minimum Gasteiger partial charge on any atom is -0.325 e. The van der Waals surface area contributed by atoms with Crippen molar-refractivity contribution in [3.8, 4) is 0 Å². The molecule has 0 saturated heterocycles. The average molecular weight is 349 g/mol. The molecule has 0 bridgehead atoms. The van der Waals surface area contributed by atoms with Crippen LogP contribution in [0.25, 0.3) is 0 Å². The molecule has 0 unspecified atom stereocenters. The molecular weight excluding hydrogens is 334 g/mol. The molecule has 1 amide bonds. The Morgan fingerprint density at radius 1 is 1.31 bits per heavy atom. The van der Waals surface area contributed by atoms with E-state index in [0.29, 0.717) is 6.42 Å². The van der Waals surface area contributed by atoms with Crippen LogP contribution in [0.3, 0.4) is 0 Å². The highest BCUT2D eigenvalue weighted by Crippen LogP contribution is 2.27. The van der Waals surface area contributed by atoms with Gasteiger partial charge >= 0.3 is 0 Å². The van der Waals surface area contributed by atoms with Gasteiger partial charge in [-0.2, -0.15) is 0 Å². The maximum absolute atomic E-state index is 11.7. The number of hydrogen-bond acceptors (Lipinski definition) is 1. The first-order valence-electron chi connectivity index (χ1n) is 5.03. The van der Waals surface area contributed by atoms with Crippen LogP contribution in [0.5, 0.6) is 0 Å². The Bertz CT molecular complexity index is 396. The predicted octanol–water partition coefficient (Wildman–Crippen LogP) is 4.59. The predicted molar refractivity (Wildman–Crippen MR) is 74.5 cm³/mol. The van der Waals surface area contributed by atoms with Gasteiger partial charge in [0.05, 0.1) is 5.69 Å². The molecule has 0 saturated carbocycles. The van der Waals surface area contributed by atoms with Crippen molar-refractivity contribution in [3.05, 3.63) is 27.1 Å². The lowest BCUT2D eigenvalue weighted by Gasteiger charge is -2.17. The first kappa shape index (κ1) is 13.7. The molecule has 2 nitrogen and oxygen atoms in total. The van der Waals surface area contributed by atoms with Crippen LogP contribution in [0.1, 0.15) is 27.2 Å². The van der Waals surface area contributed by atoms with Gasteiger partial charge in [-0.05, 0) is 39.5 Å². The number of halogens is 2. The molecule has 0 aliphatic rings. The van der Waals surface area contributed by atoms with E-state index < -0.39 is 0 Å². The van der Waals surface area contributed by atoms with Gasteiger partial charge in [0.15, 0.2) is 0 Å². The van der Waals surface area contributed by atoms with E-state index in [1.807, 2.05) is 39.0 Å². The van der Waals surface area contributed by atoms with E-state index in [0.717, 1.165) is 14.6 Å². The van der Waals surface area contributed by atoms with Gasteiger partial charge in [0.25, 0.3) is 0 Å². The molecule has 0 aromatic heterocycles. The highest BCUT2D eigenvalue weighted by molar-refractivity contribution is 9.11. The van der Waals surface area contributed by atoms with Gasteiger partial charge in [-0.3, -0.25) is 4.79 Å². The van der Waals surface area contributed by atoms with Gasteiger partial charge in [-0.25, -0.2) is 0 Å². The van der Waals surface area contributed by atoms with E-state index in [2.05, 4.69) is 37.2 Å². The van der Waals surface area contributed by atoms with Crippen molar-refractivity contribution in [2.75, 3.05) is 5.32 Å². The summed E-state index contributed by atoms with van der Waals surface area (Å²) in [6.07, 6.45) is 0.509. The normalized spacial score (nSPS) is 11.3. The molecule has 0 aliphatic carbocycles. The van der Waals surface area contributed by atoms with Crippen molar-refractivity contribution in [3.63, 3.8) is 0 Å². The Kier molecular flexibility index (Phi) is 4.56. The third-order valence-electron chi connectivity index (χ3n) is 1.90. The van der Waals surface area contributed by atoms with Gasteiger partial charge < -0.3 is 5.32 Å². The molecule has 88 valence electrons. The second-order valence-corrected chi connectivity index (χ2v) is 6.68. The summed E-state index contributed by atoms with van der Waals surface area (Å²) >= 11 is 6.78. The van der Waals surface area contributed by atoms with Gasteiger partial charge in [0, 0.05) is 15.4 Å². The Labute approximate surface area is 113 Å². The summed E-state index contributed by atoms with van der Waals surface area (Å²) in [6.45, 7) is 6.13. The highest BCUT2D eigenvalue weighted by atomic mass is 79.9. The fourth-order valence-corrected chi connectivity index (χ4v) is 2.41. The highest BCUT2D eigenvalue weighted by Gasteiger charge is 2.16. The smallest absolute Gasteiger partial charge is 0.224 e. The van der Waals surface area contributed by atoms with Gasteiger partial charge in [-0.1, -0.05) is 36.7 Å². The molecule has 16 heavy (non-hydrogen) atoms. The van der Waals surface area contributed by atoms with Crippen molar-refractivity contribution in [2.24, 2.45) is 5.41 Å². The second-order valence-electron chi connectivity index (χ2n) is 4.91. The minimum atomic E-state index is 0.00588. The lowest BCUT2D eigenvalue weighted by atomic mass is 9.92. The Hall–Kier alpha value is -0.350. The summed E-state index contributed by atoms with van der Waals surface area (Å²) in [7, 11) is 0. The molecule has 0 atom stereocenters. The number of amides is 1. The van der Waals surface area contributed by atoms with Crippen molar-refractivity contribution in [2.45, 2.75) is 27.2 Å². The molecule has 1 aromatic rings. The van der Waals surface area contributed by atoms with Crippen LogP contribution in [0, 0.1) is 5.41 Å². The summed E-state index contributed by atoms with van der Waals surface area (Å²) in [5.41, 5.74) is 0.809. The first-order valence-corrected chi connectivity index (χ1v) is 6.61. The molecule has 0 spiro atoms. The molecule has 0 heterocycles. The van der Waals surface area contributed by atoms with E-state index in [1.165, 1.54) is 0 Å². The largest absolute Gasteiger partial charge is 0.325 e. The maximum Gasteiger partial charge on any atom is 0.224 e. The van der Waals surface area contributed by atoms with Crippen molar-refractivity contribution in [1.82, 2.24) is 0 Å². The van der Waals surface area contributed by atoms with Crippen LogP contribution in [-0.4, -0.2) is 5.91 Å². The van der Waals surface area contributed by atoms with Crippen molar-refractivity contribution >= 4 is 43.5 Å². The summed E-state index contributed by atoms with van der Waals surface area (Å²) < 4.78 is 1.86. The number of benzene rings is 1. The molecule has 0 radical (unpaired) electrons. The second kappa shape index (κ2) is 5.32. The topological polar surface area (TPSA) is 29.1 Å². The monoisotopic (exact) mass is 347 g/mol. The van der Waals surface area contributed by atoms with Gasteiger partial charge in [0.2, 0.25) is 5.91 Å². The Morgan fingerprint density at radius 3 is 2.44 bits per heavy atom. The summed E-state index contributed by atoms with van der Waals surface area (Å²) in [6, 6.07) is 5.68. The first-order chi connectivity index (χ1) is 7.28.